The van der Waals surface area contributed by atoms with E-state index >= 15 is 0 Å². The third-order valence-corrected chi connectivity index (χ3v) is 2.94. The Kier molecular flexibility index (Phi) is 4.56. The molecule has 1 unspecified atom stereocenters. The average Bonchev–Trinajstić information content (AvgIpc) is 2.16. The molecular formula is C9H10Br2N2O2. The fourth-order valence-corrected chi connectivity index (χ4v) is 2.10. The summed E-state index contributed by atoms with van der Waals surface area (Å²) in [7, 11) is 0. The van der Waals surface area contributed by atoms with Crippen molar-refractivity contribution in [1.29, 1.82) is 0 Å². The fraction of sp³-hybridized carbons (Fsp3) is 0.222. The van der Waals surface area contributed by atoms with Crippen molar-refractivity contribution in [2.75, 3.05) is 6.61 Å². The van der Waals surface area contributed by atoms with Gasteiger partial charge < -0.3 is 16.2 Å². The second kappa shape index (κ2) is 5.48. The van der Waals surface area contributed by atoms with Crippen LogP contribution < -0.4 is 16.2 Å². The topological polar surface area (TPSA) is 78.3 Å². The van der Waals surface area contributed by atoms with E-state index in [1.807, 2.05) is 18.2 Å². The number of ether oxygens (including phenoxy) is 1. The van der Waals surface area contributed by atoms with Crippen LogP contribution in [-0.4, -0.2) is 18.6 Å². The van der Waals surface area contributed by atoms with Crippen LogP contribution in [0.2, 0.25) is 0 Å². The summed E-state index contributed by atoms with van der Waals surface area (Å²) in [5.41, 5.74) is 10.4. The summed E-state index contributed by atoms with van der Waals surface area (Å²) in [5, 5.41) is 0. The number of halogens is 2. The Balaban J connectivity index is 2.69. The minimum atomic E-state index is -0.802. The zero-order valence-corrected chi connectivity index (χ0v) is 10.9. The van der Waals surface area contributed by atoms with E-state index in [0.717, 1.165) is 8.95 Å². The quantitative estimate of drug-likeness (QED) is 0.871. The molecule has 0 heterocycles. The third-order valence-electron chi connectivity index (χ3n) is 1.69. The van der Waals surface area contributed by atoms with Crippen LogP contribution in [0.15, 0.2) is 27.1 Å². The number of primary amides is 1. The van der Waals surface area contributed by atoms with Crippen molar-refractivity contribution in [3.63, 3.8) is 0 Å². The molecule has 0 aliphatic carbocycles. The number of hydrogen-bond acceptors (Lipinski definition) is 3. The van der Waals surface area contributed by atoms with E-state index in [4.69, 9.17) is 16.2 Å². The molecule has 0 bridgehead atoms. The molecule has 1 atom stereocenters. The van der Waals surface area contributed by atoms with Gasteiger partial charge >= 0.3 is 0 Å². The van der Waals surface area contributed by atoms with Gasteiger partial charge in [0, 0.05) is 0 Å². The molecule has 1 amide bonds. The average molecular weight is 338 g/mol. The molecule has 1 aromatic rings. The predicted octanol–water partition coefficient (Wildman–Crippen LogP) is 1.40. The Morgan fingerprint density at radius 3 is 2.40 bits per heavy atom. The summed E-state index contributed by atoms with van der Waals surface area (Å²) in [6.07, 6.45) is 0. The molecule has 1 aromatic carbocycles. The molecule has 82 valence electrons. The molecule has 0 saturated carbocycles. The summed E-state index contributed by atoms with van der Waals surface area (Å²) in [5.74, 6) is 0.0207. The number of hydrogen-bond donors (Lipinski definition) is 2. The maximum Gasteiger partial charge on any atom is 0.237 e. The number of para-hydroxylation sites is 1. The lowest BCUT2D eigenvalue weighted by Gasteiger charge is -2.12. The number of benzene rings is 1. The number of carbonyl (C=O) groups is 1. The molecule has 0 aromatic heterocycles. The van der Waals surface area contributed by atoms with Crippen molar-refractivity contribution in [2.45, 2.75) is 6.04 Å². The van der Waals surface area contributed by atoms with Crippen LogP contribution in [0.25, 0.3) is 0 Å². The Morgan fingerprint density at radius 2 is 1.93 bits per heavy atom. The predicted molar refractivity (Wildman–Crippen MR) is 64.5 cm³/mol. The number of rotatable bonds is 4. The first-order valence-electron chi connectivity index (χ1n) is 4.14. The Bertz CT molecular complexity index is 351. The minimum Gasteiger partial charge on any atom is -0.489 e. The van der Waals surface area contributed by atoms with Crippen LogP contribution in [0.1, 0.15) is 0 Å². The zero-order valence-electron chi connectivity index (χ0n) is 7.74. The summed E-state index contributed by atoms with van der Waals surface area (Å²) in [6, 6.07) is 4.71. The van der Waals surface area contributed by atoms with Crippen LogP contribution in [0.5, 0.6) is 5.75 Å². The van der Waals surface area contributed by atoms with E-state index in [9.17, 15) is 4.79 Å². The summed E-state index contributed by atoms with van der Waals surface area (Å²) < 4.78 is 6.94. The first-order chi connectivity index (χ1) is 7.02. The van der Waals surface area contributed by atoms with Crippen LogP contribution in [-0.2, 0) is 4.79 Å². The maximum atomic E-state index is 10.7. The van der Waals surface area contributed by atoms with E-state index in [2.05, 4.69) is 31.9 Å². The van der Waals surface area contributed by atoms with E-state index < -0.39 is 11.9 Å². The Labute approximate surface area is 104 Å². The maximum absolute atomic E-state index is 10.7. The largest absolute Gasteiger partial charge is 0.489 e. The third kappa shape index (κ3) is 3.48. The lowest BCUT2D eigenvalue weighted by Crippen LogP contribution is -2.41. The molecular weight excluding hydrogens is 328 g/mol. The molecule has 0 aliphatic heterocycles. The van der Waals surface area contributed by atoms with Gasteiger partial charge in [0.05, 0.1) is 8.95 Å². The second-order valence-corrected chi connectivity index (χ2v) is 4.58. The molecule has 1 rings (SSSR count). The lowest BCUT2D eigenvalue weighted by atomic mass is 10.3. The van der Waals surface area contributed by atoms with Crippen molar-refractivity contribution in [1.82, 2.24) is 0 Å². The summed E-state index contributed by atoms with van der Waals surface area (Å²) in [4.78, 5) is 10.7. The van der Waals surface area contributed by atoms with Crippen molar-refractivity contribution < 1.29 is 9.53 Å². The van der Waals surface area contributed by atoms with Gasteiger partial charge in [-0.3, -0.25) is 4.79 Å². The van der Waals surface area contributed by atoms with Crippen LogP contribution in [0, 0.1) is 0 Å². The lowest BCUT2D eigenvalue weighted by molar-refractivity contribution is -0.119. The van der Waals surface area contributed by atoms with Gasteiger partial charge in [0.25, 0.3) is 0 Å². The fourth-order valence-electron chi connectivity index (χ4n) is 0.876. The monoisotopic (exact) mass is 336 g/mol. The SMILES string of the molecule is NC(=O)C(N)COc1c(Br)cccc1Br. The molecule has 0 radical (unpaired) electrons. The van der Waals surface area contributed by atoms with Gasteiger partial charge in [0.1, 0.15) is 18.4 Å². The highest BCUT2D eigenvalue weighted by molar-refractivity contribution is 9.11. The normalized spacial score (nSPS) is 12.2. The van der Waals surface area contributed by atoms with Crippen molar-refractivity contribution >= 4 is 37.8 Å². The van der Waals surface area contributed by atoms with E-state index in [0.29, 0.717) is 5.75 Å². The highest BCUT2D eigenvalue weighted by atomic mass is 79.9. The van der Waals surface area contributed by atoms with Gasteiger partial charge in [-0.2, -0.15) is 0 Å². The first kappa shape index (κ1) is 12.5. The van der Waals surface area contributed by atoms with Crippen molar-refractivity contribution in [3.8, 4) is 5.75 Å². The number of nitrogens with two attached hydrogens (primary N) is 2. The zero-order chi connectivity index (χ0) is 11.4. The molecule has 0 aliphatic rings. The molecule has 6 heteroatoms. The van der Waals surface area contributed by atoms with Crippen LogP contribution in [0.4, 0.5) is 0 Å². The van der Waals surface area contributed by atoms with E-state index in [-0.39, 0.29) is 6.61 Å². The molecule has 4 N–H and O–H groups in total. The van der Waals surface area contributed by atoms with Crippen molar-refractivity contribution in [3.05, 3.63) is 27.1 Å². The summed E-state index contributed by atoms with van der Waals surface area (Å²) in [6.45, 7) is 0.0521. The van der Waals surface area contributed by atoms with Gasteiger partial charge in [0.2, 0.25) is 5.91 Å². The second-order valence-electron chi connectivity index (χ2n) is 2.87. The Morgan fingerprint density at radius 1 is 1.40 bits per heavy atom. The van der Waals surface area contributed by atoms with Gasteiger partial charge in [0.15, 0.2) is 0 Å². The molecule has 0 spiro atoms. The highest BCUT2D eigenvalue weighted by Crippen LogP contribution is 2.32. The number of carbonyl (C=O) groups excluding carboxylic acids is 1. The van der Waals surface area contributed by atoms with Gasteiger partial charge in [-0.15, -0.1) is 0 Å². The van der Waals surface area contributed by atoms with Crippen molar-refractivity contribution in [2.24, 2.45) is 11.5 Å². The highest BCUT2D eigenvalue weighted by Gasteiger charge is 2.12. The molecule has 0 fully saturated rings. The van der Waals surface area contributed by atoms with Crippen LogP contribution >= 0.6 is 31.9 Å². The minimum absolute atomic E-state index is 0.0521. The van der Waals surface area contributed by atoms with Gasteiger partial charge in [-0.1, -0.05) is 6.07 Å². The van der Waals surface area contributed by atoms with Crippen LogP contribution in [0.3, 0.4) is 0 Å². The molecule has 4 nitrogen and oxygen atoms in total. The van der Waals surface area contributed by atoms with Gasteiger partial charge in [-0.05, 0) is 44.0 Å². The molecule has 0 saturated heterocycles. The molecule has 15 heavy (non-hydrogen) atoms. The van der Waals surface area contributed by atoms with E-state index in [1.54, 1.807) is 0 Å². The van der Waals surface area contributed by atoms with Gasteiger partial charge in [-0.25, -0.2) is 0 Å². The summed E-state index contributed by atoms with van der Waals surface area (Å²) >= 11 is 6.64. The standard InChI is InChI=1S/C9H10Br2N2O2/c10-5-2-1-3-6(11)8(5)15-4-7(12)9(13)14/h1-3,7H,4,12H2,(H2,13,14). The van der Waals surface area contributed by atoms with E-state index in [1.165, 1.54) is 0 Å². The smallest absolute Gasteiger partial charge is 0.237 e. The number of amides is 1. The Hall–Kier alpha value is -0.590. The first-order valence-corrected chi connectivity index (χ1v) is 5.72.